The predicted molar refractivity (Wildman–Crippen MR) is 133 cm³/mol. The number of H-pyrrole nitrogens is 1. The Labute approximate surface area is 204 Å². The lowest BCUT2D eigenvalue weighted by atomic mass is 10.1. The molecular weight excluding hydrogens is 470 g/mol. The van der Waals surface area contributed by atoms with Crippen molar-refractivity contribution in [3.63, 3.8) is 0 Å². The zero-order valence-corrected chi connectivity index (χ0v) is 20.6. The van der Waals surface area contributed by atoms with Gasteiger partial charge in [-0.15, -0.1) is 11.3 Å². The molecular formula is C24H27N5O5S. The topological polar surface area (TPSA) is 122 Å². The summed E-state index contributed by atoms with van der Waals surface area (Å²) in [5, 5.41) is 13.4. The molecule has 11 heteroatoms. The van der Waals surface area contributed by atoms with Crippen LogP contribution in [0.25, 0.3) is 21.3 Å². The predicted octanol–water partition coefficient (Wildman–Crippen LogP) is 2.18. The van der Waals surface area contributed by atoms with Crippen molar-refractivity contribution < 1.29 is 14.7 Å². The Morgan fingerprint density at radius 3 is 2.77 bits per heavy atom. The van der Waals surface area contributed by atoms with Crippen LogP contribution < -0.4 is 11.2 Å². The number of hydrogen-bond acceptors (Lipinski definition) is 7. The molecule has 10 nitrogen and oxygen atoms in total. The molecule has 0 bridgehead atoms. The maximum absolute atomic E-state index is 13.0. The summed E-state index contributed by atoms with van der Waals surface area (Å²) in [4.78, 5) is 51.2. The second-order valence-electron chi connectivity index (χ2n) is 8.73. The molecule has 1 aromatic carbocycles. The number of thiophene rings is 1. The molecule has 1 atom stereocenters. The summed E-state index contributed by atoms with van der Waals surface area (Å²) in [5.74, 6) is 0.558. The summed E-state index contributed by atoms with van der Waals surface area (Å²) in [5.41, 5.74) is 2.83. The summed E-state index contributed by atoms with van der Waals surface area (Å²) in [6.07, 6.45) is 0.927. The van der Waals surface area contributed by atoms with Crippen molar-refractivity contribution in [3.8, 4) is 0 Å². The minimum absolute atomic E-state index is 0.0991. The van der Waals surface area contributed by atoms with E-state index in [1.54, 1.807) is 10.6 Å². The Hall–Kier alpha value is -3.28. The number of fused-ring (bicyclic) bond motifs is 2. The number of amides is 1. The molecule has 1 fully saturated rings. The average Bonchev–Trinajstić information content (AvgIpc) is 3.53. The maximum Gasteiger partial charge on any atom is 0.329 e. The van der Waals surface area contributed by atoms with E-state index in [0.29, 0.717) is 28.9 Å². The highest BCUT2D eigenvalue weighted by molar-refractivity contribution is 7.17. The van der Waals surface area contributed by atoms with Gasteiger partial charge in [0.15, 0.2) is 0 Å². The van der Waals surface area contributed by atoms with Crippen LogP contribution in [0.5, 0.6) is 0 Å². The molecule has 4 aromatic rings. The monoisotopic (exact) mass is 497 g/mol. The molecule has 0 spiro atoms. The maximum atomic E-state index is 13.0. The van der Waals surface area contributed by atoms with Gasteiger partial charge in [0.25, 0.3) is 11.5 Å². The van der Waals surface area contributed by atoms with Gasteiger partial charge < -0.3 is 9.67 Å². The summed E-state index contributed by atoms with van der Waals surface area (Å²) >= 11 is 1.39. The fourth-order valence-corrected chi connectivity index (χ4v) is 5.79. The summed E-state index contributed by atoms with van der Waals surface area (Å²) in [7, 11) is 0. The van der Waals surface area contributed by atoms with Gasteiger partial charge in [0.2, 0.25) is 0 Å². The number of hydroxylamine groups is 2. The number of nitrogens with zero attached hydrogens (tertiary/aromatic N) is 4. The average molecular weight is 498 g/mol. The van der Waals surface area contributed by atoms with Gasteiger partial charge in [-0.05, 0) is 48.9 Å². The fraction of sp³-hybridized carbons (Fsp3) is 0.417. The van der Waals surface area contributed by atoms with Crippen molar-refractivity contribution >= 4 is 38.5 Å². The van der Waals surface area contributed by atoms with E-state index in [1.165, 1.54) is 16.4 Å². The first-order valence-electron chi connectivity index (χ1n) is 11.7. The molecule has 0 unspecified atom stereocenters. The van der Waals surface area contributed by atoms with Crippen molar-refractivity contribution in [1.29, 1.82) is 0 Å². The Bertz CT molecular complexity index is 1560. The number of carbonyl (C=O) groups excluding carboxylic acids is 1. The van der Waals surface area contributed by atoms with Crippen molar-refractivity contribution in [3.05, 3.63) is 60.9 Å². The van der Waals surface area contributed by atoms with E-state index < -0.39 is 11.8 Å². The van der Waals surface area contributed by atoms with Gasteiger partial charge in [-0.25, -0.2) is 14.8 Å². The van der Waals surface area contributed by atoms with Crippen LogP contribution in [-0.4, -0.2) is 54.4 Å². The molecule has 0 aliphatic carbocycles. The van der Waals surface area contributed by atoms with Gasteiger partial charge in [0.05, 0.1) is 29.5 Å². The van der Waals surface area contributed by atoms with E-state index in [2.05, 4.69) is 16.5 Å². The molecule has 1 saturated heterocycles. The zero-order valence-electron chi connectivity index (χ0n) is 19.8. The highest BCUT2D eigenvalue weighted by Gasteiger charge is 2.29. The molecule has 3 aromatic heterocycles. The molecule has 1 aliphatic heterocycles. The molecule has 0 radical (unpaired) electrons. The lowest BCUT2D eigenvalue weighted by molar-refractivity contribution is -0.0780. The molecule has 1 aliphatic rings. The summed E-state index contributed by atoms with van der Waals surface area (Å²) in [6.45, 7) is 6.93. The Balaban J connectivity index is 1.61. The molecule has 184 valence electrons. The molecule has 35 heavy (non-hydrogen) atoms. The highest BCUT2D eigenvalue weighted by atomic mass is 32.1. The number of aliphatic hydroxyl groups is 1. The number of nitrogens with one attached hydrogen (secondary N) is 1. The normalized spacial score (nSPS) is 16.1. The van der Waals surface area contributed by atoms with Crippen LogP contribution in [0.2, 0.25) is 0 Å². The number of β-amino-alcohol motifs (C(OH)–C–C–N with tert-alkyl or cyclic N) is 1. The van der Waals surface area contributed by atoms with Gasteiger partial charge in [-0.2, -0.15) is 0 Å². The van der Waals surface area contributed by atoms with Crippen molar-refractivity contribution in [2.75, 3.05) is 13.2 Å². The van der Waals surface area contributed by atoms with Crippen LogP contribution in [0.4, 0.5) is 0 Å². The van der Waals surface area contributed by atoms with Gasteiger partial charge >= 0.3 is 5.69 Å². The van der Waals surface area contributed by atoms with E-state index in [1.807, 2.05) is 25.3 Å². The van der Waals surface area contributed by atoms with Crippen LogP contribution in [0.15, 0.2) is 27.1 Å². The van der Waals surface area contributed by atoms with Crippen LogP contribution in [0.3, 0.4) is 0 Å². The number of aliphatic hydroxyl groups excluding tert-OH is 1. The first kappa shape index (κ1) is 23.5. The van der Waals surface area contributed by atoms with Gasteiger partial charge in [0, 0.05) is 18.5 Å². The van der Waals surface area contributed by atoms with Crippen molar-refractivity contribution in [1.82, 2.24) is 24.2 Å². The standard InChI is InChI=1S/C24H27N5O5S/c1-4-6-18-25-20-13(3)16(22(32)29-10-15(30)11-34-29)7-8-17(20)28(18)9-14-12-35-23-19(14)21(31)26-24(33)27(23)5-2/h7-8,12,15,30H,4-6,9-11H2,1-3H3,(H,26,31,33)/t15-/m0/s1. The molecule has 0 saturated carbocycles. The van der Waals surface area contributed by atoms with Crippen LogP contribution in [0, 0.1) is 6.92 Å². The number of hydrogen-bond donors (Lipinski definition) is 2. The second-order valence-corrected chi connectivity index (χ2v) is 9.59. The van der Waals surface area contributed by atoms with E-state index in [-0.39, 0.29) is 24.6 Å². The second kappa shape index (κ2) is 9.06. The SMILES string of the molecule is CCCc1nc2c(C)c(C(=O)N3C[C@H](O)CO3)ccc2n1Cc1csc2c1c(=O)[nH]c(=O)n2CC. The fourth-order valence-electron chi connectivity index (χ4n) is 4.66. The minimum atomic E-state index is -0.689. The number of rotatable bonds is 6. The number of aryl methyl sites for hydroxylation is 3. The molecule has 2 N–H and O–H groups in total. The third-order valence-electron chi connectivity index (χ3n) is 6.41. The Morgan fingerprint density at radius 2 is 2.09 bits per heavy atom. The summed E-state index contributed by atoms with van der Waals surface area (Å²) < 4.78 is 3.65. The van der Waals surface area contributed by atoms with Crippen molar-refractivity contribution in [2.45, 2.75) is 52.8 Å². The molecule has 1 amide bonds. The first-order valence-corrected chi connectivity index (χ1v) is 12.6. The number of imidazole rings is 1. The number of aromatic amines is 1. The van der Waals surface area contributed by atoms with E-state index in [0.717, 1.165) is 40.8 Å². The molecule has 4 heterocycles. The number of aromatic nitrogens is 4. The lowest BCUT2D eigenvalue weighted by Gasteiger charge is -2.15. The number of benzene rings is 1. The zero-order chi connectivity index (χ0) is 24.9. The number of carbonyl (C=O) groups is 1. The minimum Gasteiger partial charge on any atom is -0.389 e. The van der Waals surface area contributed by atoms with Crippen LogP contribution >= 0.6 is 11.3 Å². The highest BCUT2D eigenvalue weighted by Crippen LogP contribution is 2.29. The van der Waals surface area contributed by atoms with Crippen molar-refractivity contribution in [2.24, 2.45) is 0 Å². The summed E-state index contributed by atoms with van der Waals surface area (Å²) in [6, 6.07) is 3.63. The third kappa shape index (κ3) is 3.89. The van der Waals surface area contributed by atoms with Gasteiger partial charge in [-0.1, -0.05) is 6.92 Å². The first-order chi connectivity index (χ1) is 16.8. The van der Waals surface area contributed by atoms with Crippen LogP contribution in [0.1, 0.15) is 47.6 Å². The Kier molecular flexibility index (Phi) is 6.07. The van der Waals surface area contributed by atoms with E-state index in [9.17, 15) is 19.5 Å². The van der Waals surface area contributed by atoms with Gasteiger partial charge in [0.1, 0.15) is 23.4 Å². The lowest BCUT2D eigenvalue weighted by Crippen LogP contribution is -2.29. The van der Waals surface area contributed by atoms with E-state index in [4.69, 9.17) is 9.82 Å². The van der Waals surface area contributed by atoms with E-state index >= 15 is 0 Å². The molecule has 5 rings (SSSR count). The Morgan fingerprint density at radius 1 is 1.29 bits per heavy atom. The third-order valence-corrected chi connectivity index (χ3v) is 7.46. The largest absolute Gasteiger partial charge is 0.389 e. The van der Waals surface area contributed by atoms with Gasteiger partial charge in [-0.3, -0.25) is 24.0 Å². The quantitative estimate of drug-likeness (QED) is 0.421. The smallest absolute Gasteiger partial charge is 0.329 e. The van der Waals surface area contributed by atoms with Crippen LogP contribution in [-0.2, 0) is 24.3 Å².